The van der Waals surface area contributed by atoms with Crippen LogP contribution in [0, 0.1) is 0 Å². The average molecular weight is 331 g/mol. The summed E-state index contributed by atoms with van der Waals surface area (Å²) >= 11 is 0. The molecular weight excluding hydrogens is 306 g/mol. The zero-order valence-corrected chi connectivity index (χ0v) is 14.2. The normalized spacial score (nSPS) is 15.5. The van der Waals surface area contributed by atoms with E-state index in [1.54, 1.807) is 4.90 Å². The first-order valence-corrected chi connectivity index (χ1v) is 8.49. The van der Waals surface area contributed by atoms with Gasteiger partial charge in [0.1, 0.15) is 11.3 Å². The number of hydrogen-bond acceptors (Lipinski definition) is 4. The highest BCUT2D eigenvalue weighted by atomic mass is 16.5. The second-order valence-electron chi connectivity index (χ2n) is 6.11. The lowest BCUT2D eigenvalue weighted by Gasteiger charge is -2.28. The van der Waals surface area contributed by atoms with Crippen LogP contribution in [0.25, 0.3) is 11.0 Å². The van der Waals surface area contributed by atoms with Gasteiger partial charge in [-0.3, -0.25) is 4.90 Å². The van der Waals surface area contributed by atoms with Gasteiger partial charge in [0.25, 0.3) is 0 Å². The minimum atomic E-state index is -0.0422. The van der Waals surface area contributed by atoms with Crippen molar-refractivity contribution in [3.8, 4) is 0 Å². The number of hydrogen-bond donors (Lipinski definition) is 1. The molecule has 24 heavy (non-hydrogen) atoms. The van der Waals surface area contributed by atoms with Gasteiger partial charge >= 0.3 is 6.03 Å². The minimum Gasteiger partial charge on any atom is -0.461 e. The molecule has 3 rings (SSSR count). The van der Waals surface area contributed by atoms with E-state index in [-0.39, 0.29) is 6.03 Å². The number of rotatable bonds is 6. The van der Waals surface area contributed by atoms with Crippen molar-refractivity contribution < 1.29 is 13.9 Å². The summed E-state index contributed by atoms with van der Waals surface area (Å²) in [5.41, 5.74) is 0.890. The molecule has 1 aromatic heterocycles. The number of para-hydroxylation sites is 1. The summed E-state index contributed by atoms with van der Waals surface area (Å²) < 4.78 is 11.1. The zero-order chi connectivity index (χ0) is 16.8. The minimum absolute atomic E-state index is 0.0422. The van der Waals surface area contributed by atoms with Crippen molar-refractivity contribution in [1.29, 1.82) is 0 Å². The van der Waals surface area contributed by atoms with Crippen LogP contribution in [0.2, 0.25) is 0 Å². The molecule has 6 heteroatoms. The van der Waals surface area contributed by atoms with Crippen molar-refractivity contribution in [3.05, 3.63) is 36.1 Å². The Kier molecular flexibility index (Phi) is 5.72. The molecule has 1 N–H and O–H groups in total. The second kappa shape index (κ2) is 8.17. The summed E-state index contributed by atoms with van der Waals surface area (Å²) in [6.45, 7) is 5.64. The Morgan fingerprint density at radius 1 is 1.29 bits per heavy atom. The topological polar surface area (TPSA) is 58.0 Å². The molecule has 2 aromatic rings. The Balaban J connectivity index is 1.38. The standard InChI is InChI=1S/C18H25N3O3/c1-20(8-9-21-10-12-23-13-11-21)18(22)19-7-6-16-14-15-4-2-3-5-17(15)24-16/h2-5,14H,6-13H2,1H3,(H,19,22). The van der Waals surface area contributed by atoms with Gasteiger partial charge in [-0.15, -0.1) is 0 Å². The highest BCUT2D eigenvalue weighted by Gasteiger charge is 2.13. The molecule has 1 aliphatic rings. The van der Waals surface area contributed by atoms with Crippen molar-refractivity contribution in [3.63, 3.8) is 0 Å². The molecule has 0 spiro atoms. The third-order valence-electron chi connectivity index (χ3n) is 4.33. The Morgan fingerprint density at radius 3 is 2.88 bits per heavy atom. The fourth-order valence-corrected chi connectivity index (χ4v) is 2.81. The number of carbonyl (C=O) groups is 1. The second-order valence-corrected chi connectivity index (χ2v) is 6.11. The number of likely N-dealkylation sites (N-methyl/N-ethyl adjacent to an activating group) is 1. The Morgan fingerprint density at radius 2 is 2.08 bits per heavy atom. The number of nitrogens with one attached hydrogen (secondary N) is 1. The van der Waals surface area contributed by atoms with Crippen LogP contribution in [-0.4, -0.2) is 68.8 Å². The largest absolute Gasteiger partial charge is 0.461 e. The maximum absolute atomic E-state index is 12.1. The molecule has 6 nitrogen and oxygen atoms in total. The van der Waals surface area contributed by atoms with Crippen LogP contribution in [-0.2, 0) is 11.2 Å². The highest BCUT2D eigenvalue weighted by molar-refractivity contribution is 5.77. The van der Waals surface area contributed by atoms with Crippen molar-refractivity contribution in [2.75, 3.05) is 53.0 Å². The predicted molar refractivity (Wildman–Crippen MR) is 93.2 cm³/mol. The van der Waals surface area contributed by atoms with Crippen LogP contribution in [0.1, 0.15) is 5.76 Å². The molecule has 0 saturated carbocycles. The summed E-state index contributed by atoms with van der Waals surface area (Å²) in [4.78, 5) is 16.2. The van der Waals surface area contributed by atoms with Crippen LogP contribution >= 0.6 is 0 Å². The molecule has 0 aliphatic carbocycles. The van der Waals surface area contributed by atoms with Gasteiger partial charge in [0.2, 0.25) is 0 Å². The summed E-state index contributed by atoms with van der Waals surface area (Å²) in [6.07, 6.45) is 0.692. The molecule has 0 bridgehead atoms. The van der Waals surface area contributed by atoms with E-state index in [0.717, 1.165) is 56.1 Å². The van der Waals surface area contributed by atoms with E-state index in [1.165, 1.54) is 0 Å². The number of carbonyl (C=O) groups excluding carboxylic acids is 1. The molecule has 1 aliphatic heterocycles. The quantitative estimate of drug-likeness (QED) is 0.879. The van der Waals surface area contributed by atoms with Gasteiger partial charge in [0.15, 0.2) is 0 Å². The SMILES string of the molecule is CN(CCN1CCOCC1)C(=O)NCCc1cc2ccccc2o1. The van der Waals surface area contributed by atoms with E-state index >= 15 is 0 Å². The van der Waals surface area contributed by atoms with Crippen LogP contribution < -0.4 is 5.32 Å². The molecule has 2 heterocycles. The third kappa shape index (κ3) is 4.49. The highest BCUT2D eigenvalue weighted by Crippen LogP contribution is 2.18. The summed E-state index contributed by atoms with van der Waals surface area (Å²) in [5, 5.41) is 4.05. The zero-order valence-electron chi connectivity index (χ0n) is 14.2. The van der Waals surface area contributed by atoms with E-state index in [9.17, 15) is 4.79 Å². The number of benzene rings is 1. The van der Waals surface area contributed by atoms with Gasteiger partial charge in [-0.05, 0) is 12.1 Å². The lowest BCUT2D eigenvalue weighted by molar-refractivity contribution is 0.0357. The number of nitrogens with zero attached hydrogens (tertiary/aromatic N) is 2. The Labute approximate surface area is 142 Å². The molecule has 1 aromatic carbocycles. The van der Waals surface area contributed by atoms with E-state index < -0.39 is 0 Å². The molecule has 0 atom stereocenters. The first-order valence-electron chi connectivity index (χ1n) is 8.49. The van der Waals surface area contributed by atoms with Gasteiger partial charge in [0.05, 0.1) is 13.2 Å². The molecule has 0 unspecified atom stereocenters. The number of ether oxygens (including phenoxy) is 1. The smallest absolute Gasteiger partial charge is 0.317 e. The van der Waals surface area contributed by atoms with Gasteiger partial charge in [-0.1, -0.05) is 18.2 Å². The van der Waals surface area contributed by atoms with Crippen LogP contribution in [0.5, 0.6) is 0 Å². The van der Waals surface area contributed by atoms with Gasteiger partial charge < -0.3 is 19.4 Å². The predicted octanol–water partition coefficient (Wildman–Crippen LogP) is 1.95. The van der Waals surface area contributed by atoms with Crippen LogP contribution in [0.4, 0.5) is 4.79 Å². The van der Waals surface area contributed by atoms with Gasteiger partial charge in [-0.25, -0.2) is 4.79 Å². The summed E-state index contributed by atoms with van der Waals surface area (Å²) in [7, 11) is 1.83. The van der Waals surface area contributed by atoms with Crippen LogP contribution in [0.3, 0.4) is 0 Å². The fraction of sp³-hybridized carbons (Fsp3) is 0.500. The van der Waals surface area contributed by atoms with Crippen molar-refractivity contribution in [2.24, 2.45) is 0 Å². The number of fused-ring (bicyclic) bond motifs is 1. The number of morpholine rings is 1. The van der Waals surface area contributed by atoms with Crippen molar-refractivity contribution in [1.82, 2.24) is 15.1 Å². The first-order chi connectivity index (χ1) is 11.7. The van der Waals surface area contributed by atoms with E-state index in [1.807, 2.05) is 37.4 Å². The molecule has 2 amide bonds. The van der Waals surface area contributed by atoms with Crippen molar-refractivity contribution in [2.45, 2.75) is 6.42 Å². The number of urea groups is 1. The molecule has 1 saturated heterocycles. The third-order valence-corrected chi connectivity index (χ3v) is 4.33. The number of furan rings is 1. The van der Waals surface area contributed by atoms with E-state index in [4.69, 9.17) is 9.15 Å². The molecule has 1 fully saturated rings. The lowest BCUT2D eigenvalue weighted by atomic mass is 10.2. The summed E-state index contributed by atoms with van der Waals surface area (Å²) in [5.74, 6) is 0.896. The molecule has 130 valence electrons. The summed E-state index contributed by atoms with van der Waals surface area (Å²) in [6, 6.07) is 9.92. The van der Waals surface area contributed by atoms with Crippen LogP contribution in [0.15, 0.2) is 34.7 Å². The van der Waals surface area contributed by atoms with E-state index in [0.29, 0.717) is 13.0 Å². The van der Waals surface area contributed by atoms with E-state index in [2.05, 4.69) is 10.2 Å². The Bertz CT molecular complexity index is 631. The maximum atomic E-state index is 12.1. The van der Waals surface area contributed by atoms with Gasteiger partial charge in [-0.2, -0.15) is 0 Å². The lowest BCUT2D eigenvalue weighted by Crippen LogP contribution is -2.44. The number of amides is 2. The van der Waals surface area contributed by atoms with Crippen molar-refractivity contribution >= 4 is 17.0 Å². The average Bonchev–Trinajstić information content (AvgIpc) is 3.03. The molecular formula is C18H25N3O3. The molecule has 0 radical (unpaired) electrons. The Hall–Kier alpha value is -2.05. The fourth-order valence-electron chi connectivity index (χ4n) is 2.81. The van der Waals surface area contributed by atoms with Gasteiger partial charge in [0, 0.05) is 51.6 Å². The first kappa shape index (κ1) is 16.8. The monoisotopic (exact) mass is 331 g/mol. The maximum Gasteiger partial charge on any atom is 0.317 e.